The maximum Gasteiger partial charge on any atom is 0.347 e. The number of carboxylic acids is 1. The highest BCUT2D eigenvalue weighted by atomic mass is 32.1. The van der Waals surface area contributed by atoms with E-state index in [1.54, 1.807) is 0 Å². The molecule has 2 rings (SSSR count). The lowest BCUT2D eigenvalue weighted by atomic mass is 10.2. The lowest BCUT2D eigenvalue weighted by Crippen LogP contribution is -1.98. The van der Waals surface area contributed by atoms with E-state index in [2.05, 4.69) is 10.3 Å². The van der Waals surface area contributed by atoms with Crippen LogP contribution in [0.15, 0.2) is 18.2 Å². The van der Waals surface area contributed by atoms with Crippen LogP contribution < -0.4 is 5.32 Å². The molecule has 1 aromatic carbocycles. The maximum atomic E-state index is 13.5. The molecule has 20 heavy (non-hydrogen) atoms. The molecule has 0 amide bonds. The van der Waals surface area contributed by atoms with Gasteiger partial charge in [-0.15, -0.1) is 0 Å². The van der Waals surface area contributed by atoms with Crippen LogP contribution in [0, 0.1) is 11.6 Å². The van der Waals surface area contributed by atoms with Gasteiger partial charge in [-0.1, -0.05) is 30.7 Å². The molecule has 0 atom stereocenters. The summed E-state index contributed by atoms with van der Waals surface area (Å²) in [7, 11) is 0. The number of rotatable bonds is 5. The number of nitrogens with zero attached hydrogens (tertiary/aromatic N) is 1. The van der Waals surface area contributed by atoms with Crippen molar-refractivity contribution in [3.63, 3.8) is 0 Å². The highest BCUT2D eigenvalue weighted by Gasteiger charge is 2.18. The number of para-hydroxylation sites is 1. The third kappa shape index (κ3) is 2.93. The molecule has 2 N–H and O–H groups in total. The van der Waals surface area contributed by atoms with Crippen LogP contribution in [0.25, 0.3) is 0 Å². The Morgan fingerprint density at radius 1 is 1.40 bits per heavy atom. The molecule has 0 radical (unpaired) electrons. The Kier molecular flexibility index (Phi) is 4.29. The number of hydrogen-bond donors (Lipinski definition) is 2. The number of aromatic nitrogens is 1. The van der Waals surface area contributed by atoms with E-state index in [1.807, 2.05) is 6.92 Å². The van der Waals surface area contributed by atoms with Gasteiger partial charge in [0.25, 0.3) is 0 Å². The summed E-state index contributed by atoms with van der Waals surface area (Å²) in [4.78, 5) is 15.3. The Morgan fingerprint density at radius 3 is 2.60 bits per heavy atom. The second-order valence-corrected chi connectivity index (χ2v) is 5.07. The van der Waals surface area contributed by atoms with Gasteiger partial charge in [-0.2, -0.15) is 0 Å². The lowest BCUT2D eigenvalue weighted by Gasteiger charge is -2.04. The van der Waals surface area contributed by atoms with Crippen LogP contribution in [0.1, 0.15) is 28.7 Å². The molecule has 2 aromatic rings. The van der Waals surface area contributed by atoms with Crippen LogP contribution >= 0.6 is 11.3 Å². The molecule has 0 spiro atoms. The molecule has 1 aromatic heterocycles. The van der Waals surface area contributed by atoms with Crippen molar-refractivity contribution < 1.29 is 18.7 Å². The van der Waals surface area contributed by atoms with E-state index in [-0.39, 0.29) is 15.7 Å². The standard InChI is InChI=1S/C13H12F2N2O2S/c1-2-4-9-11(12(18)19)20-13(16-9)17-10-7(14)5-3-6-8(10)15/h3,5-6H,2,4H2,1H3,(H,16,17)(H,18,19). The van der Waals surface area contributed by atoms with Crippen molar-refractivity contribution in [3.8, 4) is 0 Å². The number of thiazole rings is 1. The predicted octanol–water partition coefficient (Wildman–Crippen LogP) is 3.82. The lowest BCUT2D eigenvalue weighted by molar-refractivity contribution is 0.0700. The summed E-state index contributed by atoms with van der Waals surface area (Å²) in [6.45, 7) is 1.90. The van der Waals surface area contributed by atoms with E-state index in [9.17, 15) is 13.6 Å². The van der Waals surface area contributed by atoms with E-state index in [4.69, 9.17) is 5.11 Å². The highest BCUT2D eigenvalue weighted by Crippen LogP contribution is 2.29. The number of carbonyl (C=O) groups is 1. The van der Waals surface area contributed by atoms with Crippen LogP contribution in [0.5, 0.6) is 0 Å². The molecule has 0 unspecified atom stereocenters. The predicted molar refractivity (Wildman–Crippen MR) is 72.7 cm³/mol. The Bertz CT molecular complexity index is 623. The van der Waals surface area contributed by atoms with Gasteiger partial charge >= 0.3 is 5.97 Å². The zero-order valence-corrected chi connectivity index (χ0v) is 11.4. The molecular weight excluding hydrogens is 286 g/mol. The number of anilines is 2. The third-order valence-corrected chi connectivity index (χ3v) is 3.57. The zero-order chi connectivity index (χ0) is 14.7. The number of carboxylic acid groups (broad SMARTS) is 1. The van der Waals surface area contributed by atoms with Crippen molar-refractivity contribution in [1.82, 2.24) is 4.98 Å². The van der Waals surface area contributed by atoms with Crippen LogP contribution in [0.4, 0.5) is 19.6 Å². The second kappa shape index (κ2) is 5.96. The first-order valence-corrected chi connectivity index (χ1v) is 6.78. The number of halogens is 2. The van der Waals surface area contributed by atoms with Gasteiger partial charge in [-0.05, 0) is 18.6 Å². The molecule has 0 saturated carbocycles. The summed E-state index contributed by atoms with van der Waals surface area (Å²) >= 11 is 0.865. The summed E-state index contributed by atoms with van der Waals surface area (Å²) < 4.78 is 27.0. The SMILES string of the molecule is CCCc1nc(Nc2c(F)cccc2F)sc1C(=O)O. The van der Waals surface area contributed by atoms with Gasteiger partial charge in [0.15, 0.2) is 5.13 Å². The summed E-state index contributed by atoms with van der Waals surface area (Å²) in [6, 6.07) is 3.48. The van der Waals surface area contributed by atoms with Crippen LogP contribution in [-0.4, -0.2) is 16.1 Å². The van der Waals surface area contributed by atoms with E-state index < -0.39 is 17.6 Å². The van der Waals surface area contributed by atoms with Gasteiger partial charge in [-0.25, -0.2) is 18.6 Å². The van der Waals surface area contributed by atoms with E-state index in [0.717, 1.165) is 29.9 Å². The maximum absolute atomic E-state index is 13.5. The average molecular weight is 298 g/mol. The summed E-state index contributed by atoms with van der Waals surface area (Å²) in [5, 5.41) is 11.7. The Labute approximate surface area is 118 Å². The first-order valence-electron chi connectivity index (χ1n) is 5.97. The molecule has 7 heteroatoms. The minimum Gasteiger partial charge on any atom is -0.477 e. The number of aryl methyl sites for hydroxylation is 1. The summed E-state index contributed by atoms with van der Waals surface area (Å²) in [5.74, 6) is -2.60. The molecule has 4 nitrogen and oxygen atoms in total. The number of aromatic carboxylic acids is 1. The summed E-state index contributed by atoms with van der Waals surface area (Å²) in [6.07, 6.45) is 1.23. The molecular formula is C13H12F2N2O2S. The first-order chi connectivity index (χ1) is 9.52. The minimum atomic E-state index is -1.09. The largest absolute Gasteiger partial charge is 0.477 e. The van der Waals surface area contributed by atoms with Gasteiger partial charge in [0.2, 0.25) is 0 Å². The number of benzene rings is 1. The fourth-order valence-corrected chi connectivity index (χ4v) is 2.56. The molecule has 106 valence electrons. The number of hydrogen-bond acceptors (Lipinski definition) is 4. The van der Waals surface area contributed by atoms with E-state index in [0.29, 0.717) is 12.1 Å². The molecule has 0 bridgehead atoms. The van der Waals surface area contributed by atoms with Gasteiger partial charge in [0, 0.05) is 0 Å². The zero-order valence-electron chi connectivity index (χ0n) is 10.6. The summed E-state index contributed by atoms with van der Waals surface area (Å²) in [5.41, 5.74) is 0.0884. The fourth-order valence-electron chi connectivity index (χ4n) is 1.70. The van der Waals surface area contributed by atoms with E-state index >= 15 is 0 Å². The highest BCUT2D eigenvalue weighted by molar-refractivity contribution is 7.17. The van der Waals surface area contributed by atoms with Crippen molar-refractivity contribution in [1.29, 1.82) is 0 Å². The molecule has 1 heterocycles. The fraction of sp³-hybridized carbons (Fsp3) is 0.231. The van der Waals surface area contributed by atoms with Gasteiger partial charge in [0.05, 0.1) is 5.69 Å². The monoisotopic (exact) mass is 298 g/mol. The third-order valence-electron chi connectivity index (χ3n) is 2.57. The van der Waals surface area contributed by atoms with Crippen molar-refractivity contribution in [2.45, 2.75) is 19.8 Å². The topological polar surface area (TPSA) is 62.2 Å². The van der Waals surface area contributed by atoms with Crippen molar-refractivity contribution in [3.05, 3.63) is 40.4 Å². The Morgan fingerprint density at radius 2 is 2.05 bits per heavy atom. The van der Waals surface area contributed by atoms with Crippen LogP contribution in [0.3, 0.4) is 0 Å². The molecule has 0 aliphatic rings. The number of nitrogens with one attached hydrogen (secondary N) is 1. The molecule has 0 fully saturated rings. The average Bonchev–Trinajstić information content (AvgIpc) is 2.78. The quantitative estimate of drug-likeness (QED) is 0.881. The van der Waals surface area contributed by atoms with Crippen LogP contribution in [-0.2, 0) is 6.42 Å². The van der Waals surface area contributed by atoms with Gasteiger partial charge in [0.1, 0.15) is 22.2 Å². The van der Waals surface area contributed by atoms with Gasteiger partial charge in [-0.3, -0.25) is 0 Å². The molecule has 0 aliphatic carbocycles. The Hall–Kier alpha value is -2.02. The minimum absolute atomic E-state index is 0.0890. The van der Waals surface area contributed by atoms with Gasteiger partial charge < -0.3 is 10.4 Å². The van der Waals surface area contributed by atoms with Crippen molar-refractivity contribution in [2.75, 3.05) is 5.32 Å². The normalized spacial score (nSPS) is 10.6. The Balaban J connectivity index is 2.34. The van der Waals surface area contributed by atoms with E-state index in [1.165, 1.54) is 6.07 Å². The molecule has 0 saturated heterocycles. The van der Waals surface area contributed by atoms with Crippen molar-refractivity contribution >= 4 is 28.1 Å². The van der Waals surface area contributed by atoms with Crippen molar-refractivity contribution in [2.24, 2.45) is 0 Å². The first kappa shape index (κ1) is 14.4. The smallest absolute Gasteiger partial charge is 0.347 e. The molecule has 0 aliphatic heterocycles. The second-order valence-electron chi connectivity index (χ2n) is 4.07. The van der Waals surface area contributed by atoms with Crippen LogP contribution in [0.2, 0.25) is 0 Å².